The van der Waals surface area contributed by atoms with Crippen molar-refractivity contribution in [2.45, 2.75) is 50.7 Å². The first-order valence-corrected chi connectivity index (χ1v) is 12.0. The Morgan fingerprint density at radius 2 is 1.97 bits per heavy atom. The normalized spacial score (nSPS) is 21.8. The molecule has 2 aliphatic rings. The lowest BCUT2D eigenvalue weighted by molar-refractivity contribution is -0.122. The van der Waals surface area contributed by atoms with Crippen LogP contribution in [0, 0.1) is 0 Å². The number of aromatic nitrogens is 2. The fourth-order valence-electron chi connectivity index (χ4n) is 4.98. The van der Waals surface area contributed by atoms with Crippen molar-refractivity contribution >= 4 is 16.9 Å². The van der Waals surface area contributed by atoms with Gasteiger partial charge in [0.2, 0.25) is 5.91 Å². The van der Waals surface area contributed by atoms with Crippen molar-refractivity contribution in [2.24, 2.45) is 0 Å². The zero-order valence-electron chi connectivity index (χ0n) is 19.2. The molecule has 3 aromatic rings. The lowest BCUT2D eigenvalue weighted by Crippen LogP contribution is -2.45. The SMILES string of the molecule is O=C(Cc1nc2c(CF)cccc2[nH]1)NC1CN(C2CCOCC2)C[C@@H]1OCc1ccccc1. The van der Waals surface area contributed by atoms with Gasteiger partial charge in [0.1, 0.15) is 12.5 Å². The molecule has 8 heteroatoms. The topological polar surface area (TPSA) is 79.5 Å². The second kappa shape index (κ2) is 10.6. The zero-order chi connectivity index (χ0) is 23.3. The van der Waals surface area contributed by atoms with Crippen LogP contribution in [-0.4, -0.2) is 65.3 Å². The van der Waals surface area contributed by atoms with Gasteiger partial charge in [0.25, 0.3) is 0 Å². The molecule has 180 valence electrons. The lowest BCUT2D eigenvalue weighted by atomic mass is 10.1. The number of para-hydroxylation sites is 1. The maximum Gasteiger partial charge on any atom is 0.227 e. The Kier molecular flexibility index (Phi) is 7.18. The monoisotopic (exact) mass is 466 g/mol. The number of rotatable bonds is 8. The van der Waals surface area contributed by atoms with Gasteiger partial charge in [-0.3, -0.25) is 9.69 Å². The summed E-state index contributed by atoms with van der Waals surface area (Å²) in [6, 6.07) is 15.8. The molecule has 5 rings (SSSR count). The van der Waals surface area contributed by atoms with E-state index in [1.165, 1.54) is 0 Å². The molecule has 7 nitrogen and oxygen atoms in total. The molecule has 1 aromatic heterocycles. The molecule has 2 aliphatic heterocycles. The number of aromatic amines is 1. The van der Waals surface area contributed by atoms with E-state index < -0.39 is 6.67 Å². The number of nitrogens with zero attached hydrogens (tertiary/aromatic N) is 2. The molecule has 2 fully saturated rings. The van der Waals surface area contributed by atoms with Gasteiger partial charge in [0, 0.05) is 37.9 Å². The Bertz CT molecular complexity index is 1100. The summed E-state index contributed by atoms with van der Waals surface area (Å²) in [6.07, 6.45) is 2.02. The number of carbonyl (C=O) groups is 1. The highest BCUT2D eigenvalue weighted by molar-refractivity contribution is 5.82. The van der Waals surface area contributed by atoms with Gasteiger partial charge in [-0.15, -0.1) is 0 Å². The van der Waals surface area contributed by atoms with Crippen LogP contribution >= 0.6 is 0 Å². The summed E-state index contributed by atoms with van der Waals surface area (Å²) in [5, 5.41) is 3.18. The molecule has 2 saturated heterocycles. The van der Waals surface area contributed by atoms with E-state index in [1.54, 1.807) is 12.1 Å². The Balaban J connectivity index is 1.25. The number of amides is 1. The molecular weight excluding hydrogens is 435 g/mol. The summed E-state index contributed by atoms with van der Waals surface area (Å²) in [5.41, 5.74) is 2.97. The summed E-state index contributed by atoms with van der Waals surface area (Å²) in [7, 11) is 0. The second-order valence-corrected chi connectivity index (χ2v) is 9.11. The molecule has 3 heterocycles. The number of hydrogen-bond donors (Lipinski definition) is 2. The first kappa shape index (κ1) is 23.0. The molecule has 0 spiro atoms. The van der Waals surface area contributed by atoms with Gasteiger partial charge in [-0.2, -0.15) is 0 Å². The molecule has 1 unspecified atom stereocenters. The van der Waals surface area contributed by atoms with Crippen LogP contribution in [0.4, 0.5) is 4.39 Å². The minimum atomic E-state index is -0.585. The number of H-pyrrole nitrogens is 1. The van der Waals surface area contributed by atoms with Crippen molar-refractivity contribution in [1.29, 1.82) is 0 Å². The number of alkyl halides is 1. The number of carbonyl (C=O) groups excluding carboxylic acids is 1. The van der Waals surface area contributed by atoms with E-state index in [1.807, 2.05) is 36.4 Å². The average molecular weight is 467 g/mol. The van der Waals surface area contributed by atoms with Crippen LogP contribution in [0.15, 0.2) is 48.5 Å². The Morgan fingerprint density at radius 1 is 1.15 bits per heavy atom. The molecular formula is C26H31FN4O3. The predicted octanol–water partition coefficient (Wildman–Crippen LogP) is 3.14. The van der Waals surface area contributed by atoms with E-state index in [2.05, 4.69) is 20.2 Å². The van der Waals surface area contributed by atoms with Crippen molar-refractivity contribution in [3.8, 4) is 0 Å². The number of imidazole rings is 1. The minimum Gasteiger partial charge on any atom is -0.381 e. The van der Waals surface area contributed by atoms with Gasteiger partial charge in [-0.05, 0) is 24.5 Å². The minimum absolute atomic E-state index is 0.0965. The molecule has 0 bridgehead atoms. The van der Waals surface area contributed by atoms with Gasteiger partial charge in [0.15, 0.2) is 0 Å². The number of halogens is 1. The Morgan fingerprint density at radius 3 is 2.76 bits per heavy atom. The van der Waals surface area contributed by atoms with Gasteiger partial charge in [-0.1, -0.05) is 42.5 Å². The predicted molar refractivity (Wildman–Crippen MR) is 127 cm³/mol. The molecule has 0 saturated carbocycles. The summed E-state index contributed by atoms with van der Waals surface area (Å²) in [4.78, 5) is 23.0. The molecule has 1 amide bonds. The van der Waals surface area contributed by atoms with Crippen LogP contribution in [0.5, 0.6) is 0 Å². The highest BCUT2D eigenvalue weighted by Crippen LogP contribution is 2.23. The first-order valence-electron chi connectivity index (χ1n) is 12.0. The van der Waals surface area contributed by atoms with Crippen molar-refractivity contribution in [2.75, 3.05) is 26.3 Å². The van der Waals surface area contributed by atoms with Crippen molar-refractivity contribution < 1.29 is 18.7 Å². The van der Waals surface area contributed by atoms with E-state index in [0.717, 1.165) is 50.2 Å². The standard InChI is InChI=1S/C26H31FN4O3/c27-14-19-7-4-8-21-26(19)30-24(28-21)13-25(32)29-22-15-31(20-9-11-33-12-10-20)16-23(22)34-17-18-5-2-1-3-6-18/h1-8,20,22-23H,9-17H2,(H,28,30)(H,29,32)/t22?,23-/m0/s1. The summed E-state index contributed by atoms with van der Waals surface area (Å²) < 4.78 is 25.1. The molecule has 2 atom stereocenters. The van der Waals surface area contributed by atoms with Gasteiger partial charge >= 0.3 is 0 Å². The number of nitrogens with one attached hydrogen (secondary N) is 2. The van der Waals surface area contributed by atoms with E-state index in [9.17, 15) is 9.18 Å². The second-order valence-electron chi connectivity index (χ2n) is 9.11. The highest BCUT2D eigenvalue weighted by atomic mass is 19.1. The van der Waals surface area contributed by atoms with E-state index in [-0.39, 0.29) is 24.5 Å². The van der Waals surface area contributed by atoms with E-state index in [4.69, 9.17) is 9.47 Å². The van der Waals surface area contributed by atoms with Gasteiger partial charge in [-0.25, -0.2) is 9.37 Å². The van der Waals surface area contributed by atoms with Crippen LogP contribution in [0.2, 0.25) is 0 Å². The first-order chi connectivity index (χ1) is 16.7. The summed E-state index contributed by atoms with van der Waals surface area (Å²) >= 11 is 0. The number of hydrogen-bond acceptors (Lipinski definition) is 5. The molecule has 34 heavy (non-hydrogen) atoms. The maximum absolute atomic E-state index is 13.3. The maximum atomic E-state index is 13.3. The number of fused-ring (bicyclic) bond motifs is 1. The van der Waals surface area contributed by atoms with E-state index in [0.29, 0.717) is 29.6 Å². The quantitative estimate of drug-likeness (QED) is 0.533. The average Bonchev–Trinajstić information content (AvgIpc) is 3.47. The fraction of sp³-hybridized carbons (Fsp3) is 0.462. The summed E-state index contributed by atoms with van der Waals surface area (Å²) in [5.74, 6) is 0.419. The van der Waals surface area contributed by atoms with Crippen molar-refractivity contribution in [3.63, 3.8) is 0 Å². The van der Waals surface area contributed by atoms with Gasteiger partial charge < -0.3 is 19.8 Å². The van der Waals surface area contributed by atoms with Crippen molar-refractivity contribution in [3.05, 3.63) is 65.5 Å². The van der Waals surface area contributed by atoms with Crippen LogP contribution in [0.3, 0.4) is 0 Å². The number of benzene rings is 2. The zero-order valence-corrected chi connectivity index (χ0v) is 19.2. The van der Waals surface area contributed by atoms with Crippen LogP contribution in [0.1, 0.15) is 29.8 Å². The summed E-state index contributed by atoms with van der Waals surface area (Å²) in [6.45, 7) is 3.02. The van der Waals surface area contributed by atoms with Crippen LogP contribution in [0.25, 0.3) is 11.0 Å². The largest absolute Gasteiger partial charge is 0.381 e. The molecule has 0 aliphatic carbocycles. The lowest BCUT2D eigenvalue weighted by Gasteiger charge is -2.30. The molecule has 2 aromatic carbocycles. The molecule has 2 N–H and O–H groups in total. The van der Waals surface area contributed by atoms with Crippen LogP contribution in [-0.2, 0) is 34.0 Å². The third-order valence-corrected chi connectivity index (χ3v) is 6.77. The third kappa shape index (κ3) is 5.29. The fourth-order valence-corrected chi connectivity index (χ4v) is 4.98. The van der Waals surface area contributed by atoms with E-state index >= 15 is 0 Å². The van der Waals surface area contributed by atoms with Crippen molar-refractivity contribution in [1.82, 2.24) is 20.2 Å². The third-order valence-electron chi connectivity index (χ3n) is 6.77. The molecule has 0 radical (unpaired) electrons. The van der Waals surface area contributed by atoms with Gasteiger partial charge in [0.05, 0.1) is 36.2 Å². The van der Waals surface area contributed by atoms with Crippen LogP contribution < -0.4 is 5.32 Å². The smallest absolute Gasteiger partial charge is 0.227 e. The highest BCUT2D eigenvalue weighted by Gasteiger charge is 2.38. The Hall–Kier alpha value is -2.81. The number of ether oxygens (including phenoxy) is 2. The number of likely N-dealkylation sites (tertiary alicyclic amines) is 1. The Labute approximate surface area is 198 Å².